The monoisotopic (exact) mass is 221 g/mol. The topological polar surface area (TPSA) is 23.8 Å². The minimum absolute atomic E-state index is 1.19. The van der Waals surface area contributed by atoms with Gasteiger partial charge in [-0.15, -0.1) is 0 Å². The molecule has 2 heteroatoms. The molecule has 0 amide bonds. The molecule has 0 aromatic heterocycles. The molecule has 0 aliphatic heterocycles. The number of hydrogen-bond acceptors (Lipinski definition) is 1. The van der Waals surface area contributed by atoms with Crippen molar-refractivity contribution in [2.45, 2.75) is 0 Å². The van der Waals surface area contributed by atoms with Crippen LogP contribution < -0.4 is 0 Å². The van der Waals surface area contributed by atoms with Crippen LogP contribution in [0.3, 0.4) is 0 Å². The molecular formula is C2H2NTa-. The molecule has 0 bridgehead atoms. The molecule has 0 spiro atoms. The summed E-state index contributed by atoms with van der Waals surface area (Å²) >= 11 is 1.19. The van der Waals surface area contributed by atoms with Crippen molar-refractivity contribution in [1.29, 1.82) is 5.26 Å². The summed E-state index contributed by atoms with van der Waals surface area (Å²) in [4.78, 5) is 0. The average molecular weight is 221 g/mol. The normalized spacial score (nSPS) is 1.25. The van der Waals surface area contributed by atoms with E-state index in [1.165, 1.54) is 20.6 Å². The van der Waals surface area contributed by atoms with E-state index in [9.17, 15) is 0 Å². The number of nitrogens with zero attached hydrogens (tertiary/aromatic N) is 1. The first-order valence-electron chi connectivity index (χ1n) is 0.540. The second-order valence-corrected chi connectivity index (χ2v) is 0. The Labute approximate surface area is 37.7 Å². The third-order valence-electron chi connectivity index (χ3n) is 0. The summed E-state index contributed by atoms with van der Waals surface area (Å²) in [5.41, 5.74) is 0. The first kappa shape index (κ1) is 8.93. The maximum atomic E-state index is 6.25. The van der Waals surface area contributed by atoms with Gasteiger partial charge < -0.3 is 11.8 Å². The van der Waals surface area contributed by atoms with Crippen molar-refractivity contribution < 1.29 is 20.6 Å². The molecule has 0 fully saturated rings. The molecule has 0 saturated carbocycles. The van der Waals surface area contributed by atoms with E-state index in [1.54, 1.807) is 0 Å². The van der Waals surface area contributed by atoms with E-state index in [0.717, 1.165) is 0 Å². The van der Waals surface area contributed by atoms with E-state index in [2.05, 4.69) is 4.73 Å². The van der Waals surface area contributed by atoms with Crippen molar-refractivity contribution in [1.82, 2.24) is 0 Å². The van der Waals surface area contributed by atoms with Crippen LogP contribution in [0.25, 0.3) is 0 Å². The molecule has 4 heavy (non-hydrogen) atoms. The van der Waals surface area contributed by atoms with E-state index in [-0.39, 0.29) is 0 Å². The third-order valence-corrected chi connectivity index (χ3v) is 0. The van der Waals surface area contributed by atoms with E-state index in [0.29, 0.717) is 0 Å². The Kier molecular flexibility index (Phi) is 3040. The fourth-order valence-electron chi connectivity index (χ4n) is 0. The first-order chi connectivity index (χ1) is 2.00. The van der Waals surface area contributed by atoms with Crippen LogP contribution in [0, 0.1) is 11.8 Å². The Balaban J connectivity index is 0. The molecular weight excluding hydrogens is 219 g/mol. The summed E-state index contributed by atoms with van der Waals surface area (Å²) in [6.45, 7) is 4.75. The SMILES string of the molecule is [C-]#N.[CH2]=[Ta]. The Bertz CT molecular complexity index is 17.2. The van der Waals surface area contributed by atoms with Crippen LogP contribution >= 0.6 is 0 Å². The molecule has 0 saturated heterocycles. The summed E-state index contributed by atoms with van der Waals surface area (Å²) in [6, 6.07) is 0. The molecule has 0 heterocycles. The van der Waals surface area contributed by atoms with Gasteiger partial charge in [-0.1, -0.05) is 0 Å². The van der Waals surface area contributed by atoms with Gasteiger partial charge in [-0.05, 0) is 0 Å². The van der Waals surface area contributed by atoms with Crippen molar-refractivity contribution in [2.24, 2.45) is 0 Å². The zero-order chi connectivity index (χ0) is 4.00. The van der Waals surface area contributed by atoms with E-state index < -0.39 is 0 Å². The van der Waals surface area contributed by atoms with E-state index in [1.807, 2.05) is 0 Å². The van der Waals surface area contributed by atoms with Gasteiger partial charge >= 0.3 is 25.3 Å². The fraction of sp³-hybridized carbons (Fsp3) is 0. The molecule has 0 N–H and O–H groups in total. The quantitative estimate of drug-likeness (QED) is 0.530. The predicted molar refractivity (Wildman–Crippen MR) is 12.1 cm³/mol. The van der Waals surface area contributed by atoms with Crippen molar-refractivity contribution in [3.63, 3.8) is 0 Å². The number of rotatable bonds is 0. The molecule has 0 aromatic carbocycles. The van der Waals surface area contributed by atoms with Crippen LogP contribution in [-0.2, 0) is 20.6 Å². The zero-order valence-corrected chi connectivity index (χ0v) is 5.31. The second kappa shape index (κ2) is 1360. The zero-order valence-electron chi connectivity index (χ0n) is 2.10. The van der Waals surface area contributed by atoms with Gasteiger partial charge in [0, 0.05) is 0 Å². The summed E-state index contributed by atoms with van der Waals surface area (Å²) in [7, 11) is 0. The van der Waals surface area contributed by atoms with Crippen molar-refractivity contribution in [2.75, 3.05) is 0 Å². The van der Waals surface area contributed by atoms with Crippen LogP contribution in [0.5, 0.6) is 0 Å². The Hall–Kier alpha value is 0.100. The number of hydrogen-bond donors (Lipinski definition) is 0. The van der Waals surface area contributed by atoms with Gasteiger partial charge in [0.15, 0.2) is 0 Å². The van der Waals surface area contributed by atoms with Crippen molar-refractivity contribution >= 4 is 4.73 Å². The van der Waals surface area contributed by atoms with Crippen LogP contribution in [-0.4, -0.2) is 4.73 Å². The van der Waals surface area contributed by atoms with Crippen molar-refractivity contribution in [3.05, 3.63) is 6.57 Å². The van der Waals surface area contributed by atoms with E-state index >= 15 is 0 Å². The van der Waals surface area contributed by atoms with Gasteiger partial charge in [-0.3, -0.25) is 0 Å². The third kappa shape index (κ3) is 253. The summed E-state index contributed by atoms with van der Waals surface area (Å²) in [5.74, 6) is 0. The molecule has 0 rings (SSSR count). The van der Waals surface area contributed by atoms with Gasteiger partial charge in [0.2, 0.25) is 0 Å². The van der Waals surface area contributed by atoms with Gasteiger partial charge in [0.25, 0.3) is 0 Å². The Morgan fingerprint density at radius 2 is 1.50 bits per heavy atom. The van der Waals surface area contributed by atoms with Crippen LogP contribution in [0.2, 0.25) is 0 Å². The minimum atomic E-state index is 1.19. The molecule has 0 aromatic rings. The molecule has 1 nitrogen and oxygen atoms in total. The van der Waals surface area contributed by atoms with Crippen LogP contribution in [0.15, 0.2) is 0 Å². The van der Waals surface area contributed by atoms with Crippen molar-refractivity contribution in [3.8, 4) is 0 Å². The van der Waals surface area contributed by atoms with Gasteiger partial charge in [-0.25, -0.2) is 0 Å². The molecule has 21 valence electrons. The second-order valence-electron chi connectivity index (χ2n) is 0. The van der Waals surface area contributed by atoms with Gasteiger partial charge in [-0.2, -0.15) is 0 Å². The van der Waals surface area contributed by atoms with Gasteiger partial charge in [0.05, 0.1) is 0 Å². The first-order valence-corrected chi connectivity index (χ1v) is 2.81. The standard InChI is InChI=1S/CN.CH2.Ta/c1-2;;/h;1H2;/q-1;;. The van der Waals surface area contributed by atoms with Crippen LogP contribution in [0.4, 0.5) is 0 Å². The molecule has 0 unspecified atom stereocenters. The Morgan fingerprint density at radius 1 is 1.50 bits per heavy atom. The predicted octanol–water partition coefficient (Wildman–Crippen LogP) is 0.0616. The molecule has 0 aliphatic carbocycles. The Morgan fingerprint density at radius 3 is 1.50 bits per heavy atom. The average Bonchev–Trinajstić information content (AvgIpc) is 1.50. The van der Waals surface area contributed by atoms with Gasteiger partial charge in [0.1, 0.15) is 0 Å². The fourth-order valence-corrected chi connectivity index (χ4v) is 0. The van der Waals surface area contributed by atoms with E-state index in [4.69, 9.17) is 11.8 Å². The summed E-state index contributed by atoms with van der Waals surface area (Å²) in [5, 5.41) is 6.25. The van der Waals surface area contributed by atoms with Crippen LogP contribution in [0.1, 0.15) is 0 Å². The molecule has 0 atom stereocenters. The molecule has 0 radical (unpaired) electrons. The summed E-state index contributed by atoms with van der Waals surface area (Å²) in [6.07, 6.45) is 0. The molecule has 0 aliphatic rings. The maximum absolute atomic E-state index is 6.25. The summed E-state index contributed by atoms with van der Waals surface area (Å²) < 4.78 is 3.36.